The molecule has 11 nitrogen and oxygen atoms in total. The largest absolute Gasteiger partial charge is 0.490 e. The van der Waals surface area contributed by atoms with Gasteiger partial charge in [-0.05, 0) is 70.4 Å². The van der Waals surface area contributed by atoms with E-state index < -0.39 is 5.91 Å². The number of benzene rings is 1. The van der Waals surface area contributed by atoms with Crippen molar-refractivity contribution < 1.29 is 23.7 Å². The predicted molar refractivity (Wildman–Crippen MR) is 155 cm³/mol. The fourth-order valence-corrected chi connectivity index (χ4v) is 5.13. The number of nitriles is 1. The minimum atomic E-state index is -0.620. The van der Waals surface area contributed by atoms with Crippen molar-refractivity contribution in [1.82, 2.24) is 14.0 Å². The number of fused-ring (bicyclic) bond motifs is 2. The van der Waals surface area contributed by atoms with Crippen LogP contribution in [0.2, 0.25) is 0 Å². The zero-order valence-electron chi connectivity index (χ0n) is 24.2. The van der Waals surface area contributed by atoms with E-state index in [0.717, 1.165) is 18.4 Å². The molecule has 5 rings (SSSR count). The summed E-state index contributed by atoms with van der Waals surface area (Å²) in [5, 5.41) is 10.4. The molecule has 0 bridgehead atoms. The molecule has 4 heterocycles. The Bertz CT molecular complexity index is 1800. The first-order chi connectivity index (χ1) is 20.4. The molecule has 1 aliphatic rings. The molecule has 0 N–H and O–H groups in total. The van der Waals surface area contributed by atoms with Crippen LogP contribution in [0.3, 0.4) is 0 Å². The van der Waals surface area contributed by atoms with Gasteiger partial charge in [0, 0.05) is 18.4 Å². The quantitative estimate of drug-likeness (QED) is 0.276. The number of pyridine rings is 2. The average Bonchev–Trinajstić information content (AvgIpc) is 3.50. The summed E-state index contributed by atoms with van der Waals surface area (Å²) in [4.78, 5) is 36.6. The highest BCUT2D eigenvalue weighted by Gasteiger charge is 2.23. The molecule has 11 heteroatoms. The van der Waals surface area contributed by atoms with Gasteiger partial charge in [0.25, 0.3) is 11.5 Å². The lowest BCUT2D eigenvalue weighted by atomic mass is 10.1. The van der Waals surface area contributed by atoms with E-state index in [-0.39, 0.29) is 40.2 Å². The highest BCUT2D eigenvalue weighted by Crippen LogP contribution is 2.39. The van der Waals surface area contributed by atoms with E-state index in [2.05, 4.69) is 11.1 Å². The van der Waals surface area contributed by atoms with Crippen LogP contribution >= 0.6 is 0 Å². The second kappa shape index (κ2) is 12.4. The molecule has 1 fully saturated rings. The van der Waals surface area contributed by atoms with Gasteiger partial charge in [-0.2, -0.15) is 10.3 Å². The van der Waals surface area contributed by atoms with E-state index in [9.17, 15) is 14.9 Å². The van der Waals surface area contributed by atoms with Crippen LogP contribution in [0.25, 0.3) is 16.7 Å². The highest BCUT2D eigenvalue weighted by atomic mass is 16.5. The Morgan fingerprint density at radius 2 is 1.83 bits per heavy atom. The van der Waals surface area contributed by atoms with Crippen LogP contribution in [0.1, 0.15) is 55.1 Å². The topological polar surface area (TPSA) is 129 Å². The maximum absolute atomic E-state index is 13.8. The summed E-state index contributed by atoms with van der Waals surface area (Å²) in [5.74, 6) is 0.491. The summed E-state index contributed by atoms with van der Waals surface area (Å²) in [7, 11) is 0. The van der Waals surface area contributed by atoms with Crippen molar-refractivity contribution >= 4 is 22.6 Å². The van der Waals surface area contributed by atoms with Crippen LogP contribution in [-0.2, 0) is 11.3 Å². The number of carbonyl (C=O) groups is 1. The third-order valence-electron chi connectivity index (χ3n) is 7.00. The van der Waals surface area contributed by atoms with Gasteiger partial charge in [-0.3, -0.25) is 14.0 Å². The van der Waals surface area contributed by atoms with Crippen molar-refractivity contribution in [2.75, 3.05) is 26.4 Å². The normalized spacial score (nSPS) is 15.2. The van der Waals surface area contributed by atoms with Gasteiger partial charge in [-0.25, -0.2) is 4.98 Å². The minimum absolute atomic E-state index is 0.0707. The van der Waals surface area contributed by atoms with E-state index in [4.69, 9.17) is 23.9 Å². The molecule has 1 aliphatic heterocycles. The van der Waals surface area contributed by atoms with Gasteiger partial charge in [-0.15, -0.1) is 0 Å². The van der Waals surface area contributed by atoms with Gasteiger partial charge in [0.15, 0.2) is 17.0 Å². The van der Waals surface area contributed by atoms with Crippen LogP contribution < -0.4 is 25.3 Å². The molecule has 1 saturated heterocycles. The van der Waals surface area contributed by atoms with Crippen molar-refractivity contribution in [1.29, 1.82) is 5.26 Å². The minimum Gasteiger partial charge on any atom is -0.490 e. The maximum atomic E-state index is 13.8. The molecule has 4 aromatic rings. The van der Waals surface area contributed by atoms with Gasteiger partial charge in [0.05, 0.1) is 43.4 Å². The highest BCUT2D eigenvalue weighted by molar-refractivity contribution is 5.96. The molecule has 0 spiro atoms. The van der Waals surface area contributed by atoms with Crippen molar-refractivity contribution in [3.05, 3.63) is 69.1 Å². The Labute approximate surface area is 242 Å². The SMILES string of the molecule is CCOc1cc(C(=O)N=c2c(C#N)cc3c(=O)n4cccc(C)c4nc3n2CC2CCCO2)cc(OCC)c1OCC. The summed E-state index contributed by atoms with van der Waals surface area (Å²) < 4.78 is 26.3. The van der Waals surface area contributed by atoms with Gasteiger partial charge < -0.3 is 23.5 Å². The number of ether oxygens (including phenoxy) is 4. The van der Waals surface area contributed by atoms with E-state index >= 15 is 0 Å². The Kier molecular flexibility index (Phi) is 8.54. The molecule has 42 heavy (non-hydrogen) atoms. The van der Waals surface area contributed by atoms with E-state index in [1.165, 1.54) is 10.5 Å². The van der Waals surface area contributed by atoms with Gasteiger partial charge in [0.2, 0.25) is 5.75 Å². The third-order valence-corrected chi connectivity index (χ3v) is 7.00. The first kappa shape index (κ1) is 28.8. The molecule has 1 unspecified atom stereocenters. The summed E-state index contributed by atoms with van der Waals surface area (Å²) in [6.45, 7) is 9.33. The maximum Gasteiger partial charge on any atom is 0.279 e. The lowest BCUT2D eigenvalue weighted by molar-refractivity contribution is 0.0952. The van der Waals surface area contributed by atoms with Gasteiger partial charge in [-0.1, -0.05) is 6.07 Å². The Morgan fingerprint density at radius 1 is 1.12 bits per heavy atom. The zero-order chi connectivity index (χ0) is 29.8. The van der Waals surface area contributed by atoms with Crippen molar-refractivity contribution in [3.8, 4) is 23.3 Å². The van der Waals surface area contributed by atoms with Crippen molar-refractivity contribution in [2.45, 2.75) is 53.2 Å². The average molecular weight is 572 g/mol. The van der Waals surface area contributed by atoms with Gasteiger partial charge >= 0.3 is 0 Å². The lowest BCUT2D eigenvalue weighted by Crippen LogP contribution is -2.33. The molecular formula is C31H33N5O6. The standard InChI is InChI=1S/C31H33N5O6/c1-5-39-24-15-20(16-25(40-6-2)26(24)41-7-3)30(37)34-28-21(17-32)14-23-29(36(28)18-22-11-9-13-42-22)33-27-19(4)10-8-12-35(27)31(23)38/h8,10,12,14-16,22H,5-7,9,11,13,18H2,1-4H3. The molecular weight excluding hydrogens is 538 g/mol. The number of rotatable bonds is 9. The van der Waals surface area contributed by atoms with Gasteiger partial charge in [0.1, 0.15) is 17.4 Å². The fourth-order valence-electron chi connectivity index (χ4n) is 5.13. The monoisotopic (exact) mass is 571 g/mol. The summed E-state index contributed by atoms with van der Waals surface area (Å²) in [6, 6.07) is 10.3. The molecule has 1 atom stereocenters. The number of hydrogen-bond acceptors (Lipinski definition) is 8. The van der Waals surface area contributed by atoms with Crippen molar-refractivity contribution in [3.63, 3.8) is 0 Å². The molecule has 0 radical (unpaired) electrons. The number of carbonyl (C=O) groups excluding carboxylic acids is 1. The number of nitrogens with zero attached hydrogens (tertiary/aromatic N) is 5. The number of hydrogen-bond donors (Lipinski definition) is 0. The van der Waals surface area contributed by atoms with Crippen LogP contribution in [0.5, 0.6) is 17.2 Å². The lowest BCUT2D eigenvalue weighted by Gasteiger charge is -2.18. The Morgan fingerprint density at radius 3 is 2.45 bits per heavy atom. The molecule has 3 aromatic heterocycles. The van der Waals surface area contributed by atoms with Crippen LogP contribution in [0.15, 0.2) is 46.3 Å². The molecule has 218 valence electrons. The Balaban J connectivity index is 1.78. The molecule has 1 amide bonds. The van der Waals surface area contributed by atoms with Crippen LogP contribution in [0.4, 0.5) is 0 Å². The Hall–Kier alpha value is -4.69. The smallest absolute Gasteiger partial charge is 0.279 e. The molecule has 1 aromatic carbocycles. The summed E-state index contributed by atoms with van der Waals surface area (Å²) >= 11 is 0. The zero-order valence-corrected chi connectivity index (χ0v) is 24.2. The fraction of sp³-hybridized carbons (Fsp3) is 0.387. The summed E-state index contributed by atoms with van der Waals surface area (Å²) in [6.07, 6.45) is 3.14. The molecule has 0 aliphatic carbocycles. The second-order valence-corrected chi connectivity index (χ2v) is 9.80. The number of amides is 1. The number of aromatic nitrogens is 3. The number of aryl methyl sites for hydroxylation is 1. The van der Waals surface area contributed by atoms with E-state index in [1.807, 2.05) is 33.8 Å². The third kappa shape index (κ3) is 5.45. The first-order valence-electron chi connectivity index (χ1n) is 14.1. The van der Waals surface area contributed by atoms with E-state index in [1.54, 1.807) is 29.0 Å². The van der Waals surface area contributed by atoms with E-state index in [0.29, 0.717) is 55.0 Å². The predicted octanol–water partition coefficient (Wildman–Crippen LogP) is 3.95. The van der Waals surface area contributed by atoms with Crippen LogP contribution in [-0.4, -0.2) is 52.4 Å². The van der Waals surface area contributed by atoms with Crippen LogP contribution in [0, 0.1) is 18.3 Å². The second-order valence-electron chi connectivity index (χ2n) is 9.80. The summed E-state index contributed by atoms with van der Waals surface area (Å²) in [5.41, 5.74) is 1.66. The van der Waals surface area contributed by atoms with Crippen molar-refractivity contribution in [2.24, 2.45) is 4.99 Å². The molecule has 0 saturated carbocycles. The first-order valence-corrected chi connectivity index (χ1v) is 14.1.